The first-order valence-corrected chi connectivity index (χ1v) is 9.01. The molecule has 2 aromatic rings. The topological polar surface area (TPSA) is 164 Å². The van der Waals surface area contributed by atoms with Gasteiger partial charge < -0.3 is 5.11 Å². The number of nitro groups is 1. The van der Waals surface area contributed by atoms with Crippen LogP contribution in [0.1, 0.15) is 0 Å². The highest BCUT2D eigenvalue weighted by atomic mass is 32.2. The maximum absolute atomic E-state index is 12.2. The summed E-state index contributed by atoms with van der Waals surface area (Å²) in [6, 6.07) is 6.80. The average molecular weight is 374 g/mol. The van der Waals surface area contributed by atoms with Gasteiger partial charge in [0, 0.05) is 6.07 Å². The van der Waals surface area contributed by atoms with Gasteiger partial charge in [-0.15, -0.1) is 0 Å². The smallest absolute Gasteiger partial charge is 0.312 e. The third kappa shape index (κ3) is 3.79. The molecule has 0 fully saturated rings. The summed E-state index contributed by atoms with van der Waals surface area (Å²) in [5.41, 5.74) is -0.981. The molecule has 0 saturated heterocycles. The molecule has 2 aromatic carbocycles. The summed E-state index contributed by atoms with van der Waals surface area (Å²) in [6.45, 7) is 0. The standard InChI is InChI=1S/C12H10N2O8S2/c15-12-5-4-9(7-11(12)14(16)17)23(18,19)13-8-2-1-3-10(6-8)24(20,21)22/h1-7,13,15H,(H,20,21,22). The number of nitro benzene ring substituents is 1. The Bertz CT molecular complexity index is 1020. The molecular formula is C12H10N2O8S2. The summed E-state index contributed by atoms with van der Waals surface area (Å²) in [4.78, 5) is 8.76. The third-order valence-corrected chi connectivity index (χ3v) is 5.07. The fraction of sp³-hybridized carbons (Fsp3) is 0. The van der Waals surface area contributed by atoms with E-state index in [0.717, 1.165) is 24.3 Å². The van der Waals surface area contributed by atoms with Crippen LogP contribution in [0.25, 0.3) is 0 Å². The van der Waals surface area contributed by atoms with Crippen LogP contribution in [0.15, 0.2) is 52.3 Å². The summed E-state index contributed by atoms with van der Waals surface area (Å²) in [5, 5.41) is 20.1. The maximum Gasteiger partial charge on any atom is 0.312 e. The Labute approximate surface area is 136 Å². The molecule has 0 aliphatic heterocycles. The number of nitrogens with one attached hydrogen (secondary N) is 1. The van der Waals surface area contributed by atoms with Gasteiger partial charge in [0.2, 0.25) is 0 Å². The monoisotopic (exact) mass is 374 g/mol. The van der Waals surface area contributed by atoms with Gasteiger partial charge in [-0.2, -0.15) is 8.42 Å². The Morgan fingerprint density at radius 3 is 2.25 bits per heavy atom. The van der Waals surface area contributed by atoms with Crippen LogP contribution >= 0.6 is 0 Å². The molecule has 0 atom stereocenters. The van der Waals surface area contributed by atoms with E-state index in [0.29, 0.717) is 6.07 Å². The van der Waals surface area contributed by atoms with Crippen molar-refractivity contribution in [3.05, 3.63) is 52.6 Å². The number of hydrogen-bond acceptors (Lipinski definition) is 7. The van der Waals surface area contributed by atoms with E-state index in [4.69, 9.17) is 4.55 Å². The molecule has 128 valence electrons. The number of hydrogen-bond donors (Lipinski definition) is 3. The second-order valence-electron chi connectivity index (χ2n) is 4.52. The molecule has 24 heavy (non-hydrogen) atoms. The van der Waals surface area contributed by atoms with Crippen molar-refractivity contribution in [2.75, 3.05) is 4.72 Å². The minimum atomic E-state index is -4.53. The van der Waals surface area contributed by atoms with Gasteiger partial charge >= 0.3 is 5.69 Å². The van der Waals surface area contributed by atoms with Crippen molar-refractivity contribution in [3.8, 4) is 5.75 Å². The van der Waals surface area contributed by atoms with Crippen molar-refractivity contribution < 1.29 is 31.4 Å². The van der Waals surface area contributed by atoms with Gasteiger partial charge in [0.15, 0.2) is 5.75 Å². The van der Waals surface area contributed by atoms with Crippen molar-refractivity contribution in [1.29, 1.82) is 0 Å². The van der Waals surface area contributed by atoms with Crippen molar-refractivity contribution in [2.24, 2.45) is 0 Å². The quantitative estimate of drug-likeness (QED) is 0.401. The molecule has 0 aromatic heterocycles. The summed E-state index contributed by atoms with van der Waals surface area (Å²) in [5.74, 6) is -0.702. The molecule has 10 nitrogen and oxygen atoms in total. The van der Waals surface area contributed by atoms with E-state index in [1.165, 1.54) is 12.1 Å². The van der Waals surface area contributed by atoms with E-state index in [1.807, 2.05) is 4.72 Å². The van der Waals surface area contributed by atoms with E-state index >= 15 is 0 Å². The second-order valence-corrected chi connectivity index (χ2v) is 7.62. The first-order chi connectivity index (χ1) is 11.0. The normalized spacial score (nSPS) is 11.9. The minimum Gasteiger partial charge on any atom is -0.502 e. The largest absolute Gasteiger partial charge is 0.502 e. The molecule has 0 amide bonds. The molecule has 0 heterocycles. The number of phenols is 1. The van der Waals surface area contributed by atoms with Crippen LogP contribution in [-0.2, 0) is 20.1 Å². The lowest BCUT2D eigenvalue weighted by Crippen LogP contribution is -2.13. The van der Waals surface area contributed by atoms with Crippen LogP contribution in [0.4, 0.5) is 11.4 Å². The Balaban J connectivity index is 2.43. The van der Waals surface area contributed by atoms with Gasteiger partial charge in [-0.1, -0.05) is 6.07 Å². The van der Waals surface area contributed by atoms with E-state index in [1.54, 1.807) is 0 Å². The van der Waals surface area contributed by atoms with E-state index in [-0.39, 0.29) is 5.69 Å². The highest BCUT2D eigenvalue weighted by Crippen LogP contribution is 2.29. The molecule has 0 spiro atoms. The van der Waals surface area contributed by atoms with Crippen LogP contribution in [0, 0.1) is 10.1 Å². The molecule has 0 bridgehead atoms. The Morgan fingerprint density at radius 2 is 1.67 bits per heavy atom. The summed E-state index contributed by atoms with van der Waals surface area (Å²) >= 11 is 0. The van der Waals surface area contributed by atoms with Crippen molar-refractivity contribution in [2.45, 2.75) is 9.79 Å². The molecule has 0 aliphatic rings. The molecule has 12 heteroatoms. The summed E-state index contributed by atoms with van der Waals surface area (Å²) in [7, 11) is -8.82. The Morgan fingerprint density at radius 1 is 1.00 bits per heavy atom. The number of anilines is 1. The molecule has 0 aliphatic carbocycles. The average Bonchev–Trinajstić information content (AvgIpc) is 2.46. The van der Waals surface area contributed by atoms with Crippen molar-refractivity contribution in [1.82, 2.24) is 0 Å². The lowest BCUT2D eigenvalue weighted by Gasteiger charge is -2.09. The molecule has 2 rings (SSSR count). The Kier molecular flexibility index (Phi) is 4.46. The van der Waals surface area contributed by atoms with E-state index in [9.17, 15) is 32.1 Å². The van der Waals surface area contributed by atoms with Crippen LogP contribution in [0.3, 0.4) is 0 Å². The zero-order valence-electron chi connectivity index (χ0n) is 11.6. The van der Waals surface area contributed by atoms with Crippen LogP contribution in [-0.4, -0.2) is 31.4 Å². The minimum absolute atomic E-state index is 0.180. The molecule has 0 radical (unpaired) electrons. The SMILES string of the molecule is O=[N+]([O-])c1cc(S(=O)(=O)Nc2cccc(S(=O)(=O)O)c2)ccc1O. The third-order valence-electron chi connectivity index (χ3n) is 2.84. The first-order valence-electron chi connectivity index (χ1n) is 6.08. The van der Waals surface area contributed by atoms with Crippen LogP contribution in [0.5, 0.6) is 5.75 Å². The zero-order valence-corrected chi connectivity index (χ0v) is 13.3. The number of sulfonamides is 1. The van der Waals surface area contributed by atoms with Gasteiger partial charge in [-0.3, -0.25) is 19.4 Å². The number of benzene rings is 2. The highest BCUT2D eigenvalue weighted by Gasteiger charge is 2.22. The fourth-order valence-electron chi connectivity index (χ4n) is 1.75. The van der Waals surface area contributed by atoms with E-state index in [2.05, 4.69) is 0 Å². The predicted molar refractivity (Wildman–Crippen MR) is 81.8 cm³/mol. The van der Waals surface area contributed by atoms with E-state index < -0.39 is 46.3 Å². The molecule has 0 saturated carbocycles. The number of nitrogens with zero attached hydrogens (tertiary/aromatic N) is 1. The van der Waals surface area contributed by atoms with Crippen molar-refractivity contribution in [3.63, 3.8) is 0 Å². The lowest BCUT2D eigenvalue weighted by molar-refractivity contribution is -0.386. The van der Waals surface area contributed by atoms with Gasteiger partial charge in [0.05, 0.1) is 20.4 Å². The predicted octanol–water partition coefficient (Wildman–Crippen LogP) is 1.35. The van der Waals surface area contributed by atoms with Crippen molar-refractivity contribution >= 4 is 31.5 Å². The van der Waals surface area contributed by atoms with Crippen LogP contribution < -0.4 is 4.72 Å². The number of rotatable bonds is 5. The molecular weight excluding hydrogens is 364 g/mol. The number of phenolic OH excluding ortho intramolecular Hbond substituents is 1. The zero-order chi connectivity index (χ0) is 18.1. The summed E-state index contributed by atoms with van der Waals surface area (Å²) in [6.07, 6.45) is 0. The van der Waals surface area contributed by atoms with Gasteiger partial charge in [0.25, 0.3) is 20.1 Å². The number of aromatic hydroxyl groups is 1. The van der Waals surface area contributed by atoms with Crippen LogP contribution in [0.2, 0.25) is 0 Å². The fourth-order valence-corrected chi connectivity index (χ4v) is 3.35. The maximum atomic E-state index is 12.2. The summed E-state index contributed by atoms with van der Waals surface area (Å²) < 4.78 is 57.5. The Hall–Kier alpha value is -2.70. The highest BCUT2D eigenvalue weighted by molar-refractivity contribution is 7.92. The molecule has 3 N–H and O–H groups in total. The first kappa shape index (κ1) is 17.7. The van der Waals surface area contributed by atoms with Gasteiger partial charge in [-0.05, 0) is 30.3 Å². The molecule has 0 unspecified atom stereocenters. The van der Waals surface area contributed by atoms with Gasteiger partial charge in [-0.25, -0.2) is 8.42 Å². The van der Waals surface area contributed by atoms with Gasteiger partial charge in [0.1, 0.15) is 0 Å². The second kappa shape index (κ2) is 6.07. The lowest BCUT2D eigenvalue weighted by atomic mass is 10.3.